The summed E-state index contributed by atoms with van der Waals surface area (Å²) < 4.78 is 15.1. The summed E-state index contributed by atoms with van der Waals surface area (Å²) in [7, 11) is 0.365. The summed E-state index contributed by atoms with van der Waals surface area (Å²) >= 11 is 0. The van der Waals surface area contributed by atoms with E-state index in [1.54, 1.807) is 12.1 Å². The van der Waals surface area contributed by atoms with Gasteiger partial charge in [-0.25, -0.2) is 9.18 Å². The highest BCUT2D eigenvalue weighted by molar-refractivity contribution is 7.55. The highest BCUT2D eigenvalue weighted by Crippen LogP contribution is 2.27. The first kappa shape index (κ1) is 25.8. The number of halogens is 1. The molecular weight excluding hydrogens is 448 g/mol. The van der Waals surface area contributed by atoms with Gasteiger partial charge >= 0.3 is 5.97 Å². The van der Waals surface area contributed by atoms with E-state index in [9.17, 15) is 4.79 Å². The van der Waals surface area contributed by atoms with Crippen LogP contribution in [0.25, 0.3) is 5.70 Å². The third-order valence-electron chi connectivity index (χ3n) is 5.95. The van der Waals surface area contributed by atoms with Crippen LogP contribution in [-0.4, -0.2) is 29.4 Å². The fourth-order valence-corrected chi connectivity index (χ4v) is 5.28. The summed E-state index contributed by atoms with van der Waals surface area (Å²) in [5.41, 5.74) is 15.7. The Morgan fingerprint density at radius 2 is 1.88 bits per heavy atom. The summed E-state index contributed by atoms with van der Waals surface area (Å²) in [5.74, 6) is -1.26. The second kappa shape index (κ2) is 12.6. The molecule has 0 aromatic heterocycles. The molecule has 0 spiro atoms. The van der Waals surface area contributed by atoms with Crippen molar-refractivity contribution in [2.24, 2.45) is 16.5 Å². The molecule has 0 amide bonds. The van der Waals surface area contributed by atoms with Gasteiger partial charge in [0.25, 0.3) is 0 Å². The van der Waals surface area contributed by atoms with Crippen LogP contribution in [0.5, 0.6) is 0 Å². The van der Waals surface area contributed by atoms with Crippen molar-refractivity contribution in [1.82, 2.24) is 0 Å². The molecule has 1 aliphatic carbocycles. The summed E-state index contributed by atoms with van der Waals surface area (Å²) in [4.78, 5) is 15.9. The minimum absolute atomic E-state index is 0.0844. The number of aliphatic carboxylic acids is 1. The normalized spacial score (nSPS) is 17.7. The molecule has 1 atom stereocenters. The lowest BCUT2D eigenvalue weighted by Crippen LogP contribution is -2.22. The average Bonchev–Trinajstić information content (AvgIpc) is 2.81. The number of nitrogens with zero attached hydrogens (tertiary/aromatic N) is 1. The third-order valence-corrected chi connectivity index (χ3v) is 7.17. The Morgan fingerprint density at radius 1 is 1.18 bits per heavy atom. The number of nitrogens with two attached hydrogens (primary N) is 2. The molecule has 1 unspecified atom stereocenters. The van der Waals surface area contributed by atoms with Crippen LogP contribution in [-0.2, 0) is 4.79 Å². The lowest BCUT2D eigenvalue weighted by Gasteiger charge is -2.23. The van der Waals surface area contributed by atoms with Crippen molar-refractivity contribution in [3.63, 3.8) is 0 Å². The van der Waals surface area contributed by atoms with Gasteiger partial charge in [0.1, 0.15) is 5.82 Å². The van der Waals surface area contributed by atoms with Gasteiger partial charge in [-0.3, -0.25) is 4.99 Å². The summed E-state index contributed by atoms with van der Waals surface area (Å²) in [6.07, 6.45) is 5.88. The van der Waals surface area contributed by atoms with Crippen molar-refractivity contribution in [2.45, 2.75) is 51.5 Å². The van der Waals surface area contributed by atoms with Crippen LogP contribution >= 0.6 is 8.58 Å². The van der Waals surface area contributed by atoms with Gasteiger partial charge in [-0.1, -0.05) is 63.9 Å². The summed E-state index contributed by atoms with van der Waals surface area (Å²) in [6, 6.07) is 15.3. The number of carbonyl (C=O) groups is 1. The van der Waals surface area contributed by atoms with Crippen molar-refractivity contribution in [2.75, 3.05) is 6.54 Å². The van der Waals surface area contributed by atoms with Gasteiger partial charge in [-0.2, -0.15) is 0 Å². The van der Waals surface area contributed by atoms with E-state index in [0.717, 1.165) is 54.0 Å². The van der Waals surface area contributed by atoms with E-state index in [1.807, 2.05) is 36.4 Å². The van der Waals surface area contributed by atoms with Gasteiger partial charge in [0.05, 0.1) is 6.04 Å². The highest BCUT2D eigenvalue weighted by Gasteiger charge is 2.20. The maximum atomic E-state index is 15.1. The van der Waals surface area contributed by atoms with Crippen molar-refractivity contribution in [3.05, 3.63) is 77.1 Å². The van der Waals surface area contributed by atoms with E-state index in [-0.39, 0.29) is 18.4 Å². The Morgan fingerprint density at radius 3 is 2.47 bits per heavy atom. The molecule has 0 aliphatic heterocycles. The molecule has 34 heavy (non-hydrogen) atoms. The number of carboxylic acids is 1. The van der Waals surface area contributed by atoms with E-state index in [0.29, 0.717) is 31.8 Å². The molecule has 1 fully saturated rings. The van der Waals surface area contributed by atoms with Crippen LogP contribution in [0.4, 0.5) is 4.39 Å². The standard InChI is InChI=1S/C27H33FN3O2P/c1-2-6-25(31-19-11-9-18(10-12-19)15-26(32)33)23(17-29)27(30)22-14-13-21(16-24(22)28)34-20-7-4-3-5-8-20/h3-5,7-8,13-16,19,34H,2,6,9-12,17,29-30H2,1H3,(H,32,33)/b18-15?,27-23-,31-25?. The molecule has 7 heteroatoms. The number of allylic oxidation sites excluding steroid dienone is 1. The monoisotopic (exact) mass is 481 g/mol. The molecule has 0 bridgehead atoms. The Hall–Kier alpha value is -2.82. The van der Waals surface area contributed by atoms with Gasteiger partial charge in [-0.15, -0.1) is 0 Å². The van der Waals surface area contributed by atoms with Crippen molar-refractivity contribution in [3.8, 4) is 0 Å². The van der Waals surface area contributed by atoms with Crippen LogP contribution in [0, 0.1) is 5.82 Å². The van der Waals surface area contributed by atoms with Crippen LogP contribution in [0.15, 0.2) is 70.7 Å². The number of aliphatic imine (C=N–C) groups is 1. The minimum Gasteiger partial charge on any atom is -0.478 e. The highest BCUT2D eigenvalue weighted by atomic mass is 31.1. The zero-order chi connectivity index (χ0) is 24.5. The Balaban J connectivity index is 1.84. The Kier molecular flexibility index (Phi) is 9.55. The largest absolute Gasteiger partial charge is 0.478 e. The van der Waals surface area contributed by atoms with Crippen LogP contribution in [0.3, 0.4) is 0 Å². The number of hydrogen-bond donors (Lipinski definition) is 3. The van der Waals surface area contributed by atoms with Crippen LogP contribution in [0.2, 0.25) is 0 Å². The number of carboxylic acid groups (broad SMARTS) is 1. The molecule has 3 rings (SSSR count). The lowest BCUT2D eigenvalue weighted by molar-refractivity contribution is -0.131. The molecule has 180 valence electrons. The van der Waals surface area contributed by atoms with Gasteiger partial charge in [0.2, 0.25) is 0 Å². The maximum absolute atomic E-state index is 15.1. The topological polar surface area (TPSA) is 102 Å². The number of hydrogen-bond acceptors (Lipinski definition) is 4. The van der Waals surface area contributed by atoms with E-state index in [4.69, 9.17) is 21.6 Å². The second-order valence-electron chi connectivity index (χ2n) is 8.48. The van der Waals surface area contributed by atoms with Gasteiger partial charge in [0.15, 0.2) is 0 Å². The van der Waals surface area contributed by atoms with Crippen LogP contribution in [0.1, 0.15) is 51.0 Å². The van der Waals surface area contributed by atoms with Crippen LogP contribution < -0.4 is 22.1 Å². The van der Waals surface area contributed by atoms with E-state index < -0.39 is 5.97 Å². The average molecular weight is 482 g/mol. The molecular formula is C27H33FN3O2P. The predicted molar refractivity (Wildman–Crippen MR) is 141 cm³/mol. The van der Waals surface area contributed by atoms with E-state index in [2.05, 4.69) is 6.92 Å². The molecule has 5 N–H and O–H groups in total. The number of benzene rings is 2. The first-order valence-electron chi connectivity index (χ1n) is 11.7. The maximum Gasteiger partial charge on any atom is 0.328 e. The Bertz CT molecular complexity index is 1090. The fourth-order valence-electron chi connectivity index (χ4n) is 4.22. The molecule has 0 radical (unpaired) electrons. The minimum atomic E-state index is -0.901. The molecule has 0 heterocycles. The summed E-state index contributed by atoms with van der Waals surface area (Å²) in [5, 5.41) is 11.0. The predicted octanol–water partition coefficient (Wildman–Crippen LogP) is 4.28. The molecule has 1 aliphatic rings. The molecule has 0 saturated heterocycles. The fraction of sp³-hybridized carbons (Fsp3) is 0.333. The van der Waals surface area contributed by atoms with Crippen molar-refractivity contribution < 1.29 is 14.3 Å². The van der Waals surface area contributed by atoms with Gasteiger partial charge in [-0.05, 0) is 54.8 Å². The molecule has 2 aromatic carbocycles. The van der Waals surface area contributed by atoms with Crippen molar-refractivity contribution >= 4 is 36.6 Å². The quantitative estimate of drug-likeness (QED) is 0.283. The zero-order valence-electron chi connectivity index (χ0n) is 19.6. The van der Waals surface area contributed by atoms with E-state index >= 15 is 4.39 Å². The molecule has 5 nitrogen and oxygen atoms in total. The first-order chi connectivity index (χ1) is 16.4. The lowest BCUT2D eigenvalue weighted by atomic mass is 9.90. The van der Waals surface area contributed by atoms with Gasteiger partial charge in [0, 0.05) is 35.2 Å². The zero-order valence-corrected chi connectivity index (χ0v) is 20.6. The molecule has 2 aromatic rings. The number of rotatable bonds is 9. The Labute approximate surface area is 202 Å². The summed E-state index contributed by atoms with van der Waals surface area (Å²) in [6.45, 7) is 2.24. The van der Waals surface area contributed by atoms with Crippen molar-refractivity contribution in [1.29, 1.82) is 0 Å². The third kappa shape index (κ3) is 7.09. The smallest absolute Gasteiger partial charge is 0.328 e. The van der Waals surface area contributed by atoms with E-state index in [1.165, 1.54) is 6.08 Å². The SMILES string of the molecule is CCCC(=NC1CCC(=CC(=O)O)CC1)/C(CN)=C(\N)c1ccc(Pc2ccccc2)cc1F. The second-order valence-corrected chi connectivity index (χ2v) is 9.88. The first-order valence-corrected chi connectivity index (χ1v) is 12.7. The molecule has 1 saturated carbocycles. The van der Waals surface area contributed by atoms with Gasteiger partial charge < -0.3 is 16.6 Å².